The standard InChI is InChI=1S/C23H28ClNO6/c1-5-31-18-9-8-15(24)13-16(18)21(25-10-6-7-17(25)23(26)27)14-11-19(28-2)22(30-4)20(12-14)29-3/h8-9,11-13,17,21H,5-7,10H2,1-4H3,(H,26,27). The number of halogens is 1. The number of hydrogen-bond acceptors (Lipinski definition) is 6. The predicted molar refractivity (Wildman–Crippen MR) is 118 cm³/mol. The van der Waals surface area contributed by atoms with Gasteiger partial charge in [0.25, 0.3) is 0 Å². The van der Waals surface area contributed by atoms with Crippen LogP contribution in [-0.2, 0) is 4.79 Å². The van der Waals surface area contributed by atoms with Gasteiger partial charge < -0.3 is 24.1 Å². The Labute approximate surface area is 187 Å². The van der Waals surface area contributed by atoms with E-state index in [1.54, 1.807) is 27.4 Å². The van der Waals surface area contributed by atoms with Gasteiger partial charge in [-0.25, -0.2) is 0 Å². The first-order valence-corrected chi connectivity index (χ1v) is 10.5. The Hall–Kier alpha value is -2.64. The number of carboxylic acid groups (broad SMARTS) is 1. The highest BCUT2D eigenvalue weighted by atomic mass is 35.5. The van der Waals surface area contributed by atoms with Crippen LogP contribution in [0.5, 0.6) is 23.0 Å². The van der Waals surface area contributed by atoms with Gasteiger partial charge in [-0.1, -0.05) is 11.6 Å². The SMILES string of the molecule is CCOc1ccc(Cl)cc1C(c1cc(OC)c(OC)c(OC)c1)N1CCCC1C(=O)O. The van der Waals surface area contributed by atoms with Crippen LogP contribution < -0.4 is 18.9 Å². The molecule has 31 heavy (non-hydrogen) atoms. The van der Waals surface area contributed by atoms with Gasteiger partial charge in [0.1, 0.15) is 11.8 Å². The third kappa shape index (κ3) is 4.67. The Morgan fingerprint density at radius 1 is 1.13 bits per heavy atom. The summed E-state index contributed by atoms with van der Waals surface area (Å²) in [6, 6.07) is 8.05. The topological polar surface area (TPSA) is 77.5 Å². The summed E-state index contributed by atoms with van der Waals surface area (Å²) in [5.74, 6) is 1.26. The monoisotopic (exact) mass is 449 g/mol. The molecule has 1 N–H and O–H groups in total. The van der Waals surface area contributed by atoms with Crippen molar-refractivity contribution in [2.45, 2.75) is 31.8 Å². The molecule has 168 valence electrons. The van der Waals surface area contributed by atoms with E-state index in [9.17, 15) is 9.90 Å². The second-order valence-electron chi connectivity index (χ2n) is 7.21. The molecular formula is C23H28ClNO6. The number of benzene rings is 2. The number of hydrogen-bond donors (Lipinski definition) is 1. The van der Waals surface area contributed by atoms with Crippen molar-refractivity contribution in [1.29, 1.82) is 0 Å². The molecule has 0 aromatic heterocycles. The van der Waals surface area contributed by atoms with E-state index in [0.717, 1.165) is 17.5 Å². The van der Waals surface area contributed by atoms with Crippen LogP contribution in [0, 0.1) is 0 Å². The zero-order valence-electron chi connectivity index (χ0n) is 18.2. The maximum Gasteiger partial charge on any atom is 0.320 e. The number of likely N-dealkylation sites (tertiary alicyclic amines) is 1. The van der Waals surface area contributed by atoms with Gasteiger partial charge in [-0.3, -0.25) is 9.69 Å². The molecule has 8 heteroatoms. The zero-order chi connectivity index (χ0) is 22.5. The fourth-order valence-corrected chi connectivity index (χ4v) is 4.37. The molecule has 2 unspecified atom stereocenters. The van der Waals surface area contributed by atoms with E-state index >= 15 is 0 Å². The van der Waals surface area contributed by atoms with Crippen LogP contribution in [0.15, 0.2) is 30.3 Å². The molecule has 0 bridgehead atoms. The summed E-state index contributed by atoms with van der Waals surface area (Å²) in [5, 5.41) is 10.4. The number of aliphatic carboxylic acids is 1. The third-order valence-electron chi connectivity index (χ3n) is 5.48. The van der Waals surface area contributed by atoms with E-state index in [1.807, 2.05) is 36.1 Å². The highest BCUT2D eigenvalue weighted by Gasteiger charge is 2.38. The first kappa shape index (κ1) is 23.0. The average molecular weight is 450 g/mol. The van der Waals surface area contributed by atoms with Crippen molar-refractivity contribution in [3.8, 4) is 23.0 Å². The maximum absolute atomic E-state index is 12.0. The number of rotatable bonds is 9. The number of carbonyl (C=O) groups is 1. The molecule has 1 aliphatic heterocycles. The van der Waals surface area contributed by atoms with Crippen molar-refractivity contribution in [3.05, 3.63) is 46.5 Å². The molecule has 0 radical (unpaired) electrons. The van der Waals surface area contributed by atoms with Gasteiger partial charge in [-0.15, -0.1) is 0 Å². The number of nitrogens with zero attached hydrogens (tertiary/aromatic N) is 1. The van der Waals surface area contributed by atoms with Crippen molar-refractivity contribution in [2.75, 3.05) is 34.5 Å². The summed E-state index contributed by atoms with van der Waals surface area (Å²) in [5.41, 5.74) is 1.59. The second kappa shape index (κ2) is 10.1. The van der Waals surface area contributed by atoms with Gasteiger partial charge in [-0.05, 0) is 55.7 Å². The Balaban J connectivity index is 2.26. The fourth-order valence-electron chi connectivity index (χ4n) is 4.19. The van der Waals surface area contributed by atoms with Crippen LogP contribution in [-0.4, -0.2) is 56.5 Å². The van der Waals surface area contributed by atoms with Crippen molar-refractivity contribution in [3.63, 3.8) is 0 Å². The van der Waals surface area contributed by atoms with Crippen LogP contribution >= 0.6 is 11.6 Å². The van der Waals surface area contributed by atoms with Crippen LogP contribution in [0.2, 0.25) is 5.02 Å². The molecule has 2 aromatic carbocycles. The quantitative estimate of drug-likeness (QED) is 0.607. The second-order valence-corrected chi connectivity index (χ2v) is 7.65. The van der Waals surface area contributed by atoms with E-state index in [0.29, 0.717) is 47.6 Å². The lowest BCUT2D eigenvalue weighted by Crippen LogP contribution is -2.39. The Morgan fingerprint density at radius 3 is 2.35 bits per heavy atom. The maximum atomic E-state index is 12.0. The van der Waals surface area contributed by atoms with Crippen LogP contribution in [0.25, 0.3) is 0 Å². The van der Waals surface area contributed by atoms with Crippen molar-refractivity contribution in [1.82, 2.24) is 4.90 Å². The summed E-state index contributed by atoms with van der Waals surface area (Å²) < 4.78 is 22.4. The van der Waals surface area contributed by atoms with Gasteiger partial charge in [0.05, 0.1) is 34.0 Å². The number of ether oxygens (including phenoxy) is 4. The number of methoxy groups -OCH3 is 3. The minimum atomic E-state index is -0.852. The largest absolute Gasteiger partial charge is 0.494 e. The average Bonchev–Trinajstić information content (AvgIpc) is 3.24. The summed E-state index contributed by atoms with van der Waals surface area (Å²) in [6.45, 7) is 3.00. The first-order valence-electron chi connectivity index (χ1n) is 10.2. The lowest BCUT2D eigenvalue weighted by atomic mass is 9.94. The predicted octanol–water partition coefficient (Wildman–Crippen LogP) is 4.40. The van der Waals surface area contributed by atoms with Gasteiger partial charge in [0.15, 0.2) is 11.5 Å². The Morgan fingerprint density at radius 2 is 1.81 bits per heavy atom. The molecule has 0 saturated carbocycles. The minimum Gasteiger partial charge on any atom is -0.494 e. The molecule has 1 aliphatic rings. The van der Waals surface area contributed by atoms with E-state index in [1.165, 1.54) is 0 Å². The molecule has 2 aromatic rings. The molecule has 0 aliphatic carbocycles. The lowest BCUT2D eigenvalue weighted by molar-refractivity contribution is -0.142. The first-order chi connectivity index (χ1) is 14.9. The molecule has 0 spiro atoms. The van der Waals surface area contributed by atoms with Gasteiger partial charge in [-0.2, -0.15) is 0 Å². The van der Waals surface area contributed by atoms with Crippen molar-refractivity contribution >= 4 is 17.6 Å². The zero-order valence-corrected chi connectivity index (χ0v) is 18.9. The summed E-state index contributed by atoms with van der Waals surface area (Å²) >= 11 is 6.36. The molecule has 1 saturated heterocycles. The van der Waals surface area contributed by atoms with Gasteiger partial charge in [0, 0.05) is 17.1 Å². The molecule has 2 atom stereocenters. The van der Waals surface area contributed by atoms with Crippen molar-refractivity contribution < 1.29 is 28.8 Å². The van der Waals surface area contributed by atoms with Crippen LogP contribution in [0.3, 0.4) is 0 Å². The van der Waals surface area contributed by atoms with Gasteiger partial charge in [0.2, 0.25) is 5.75 Å². The van der Waals surface area contributed by atoms with E-state index in [2.05, 4.69) is 0 Å². The van der Waals surface area contributed by atoms with Gasteiger partial charge >= 0.3 is 5.97 Å². The summed E-state index contributed by atoms with van der Waals surface area (Å²) in [7, 11) is 4.65. The summed E-state index contributed by atoms with van der Waals surface area (Å²) in [4.78, 5) is 14.0. The molecular weight excluding hydrogens is 422 g/mol. The van der Waals surface area contributed by atoms with Crippen LogP contribution in [0.1, 0.15) is 36.9 Å². The summed E-state index contributed by atoms with van der Waals surface area (Å²) in [6.07, 6.45) is 1.35. The fraction of sp³-hybridized carbons (Fsp3) is 0.435. The molecule has 1 heterocycles. The highest BCUT2D eigenvalue weighted by molar-refractivity contribution is 6.30. The van der Waals surface area contributed by atoms with Crippen molar-refractivity contribution in [2.24, 2.45) is 0 Å². The van der Waals surface area contributed by atoms with E-state index in [-0.39, 0.29) is 0 Å². The van der Waals surface area contributed by atoms with Crippen LogP contribution in [0.4, 0.5) is 0 Å². The smallest absolute Gasteiger partial charge is 0.320 e. The molecule has 0 amide bonds. The Kier molecular flexibility index (Phi) is 7.51. The Bertz CT molecular complexity index is 909. The minimum absolute atomic E-state index is 0.433. The molecule has 3 rings (SSSR count). The van der Waals surface area contributed by atoms with E-state index in [4.69, 9.17) is 30.5 Å². The normalized spacial score (nSPS) is 17.3. The lowest BCUT2D eigenvalue weighted by Gasteiger charge is -2.33. The molecule has 1 fully saturated rings. The van der Waals surface area contributed by atoms with E-state index < -0.39 is 18.1 Å². The third-order valence-corrected chi connectivity index (χ3v) is 5.72. The highest BCUT2D eigenvalue weighted by Crippen LogP contribution is 2.45. The molecule has 7 nitrogen and oxygen atoms in total. The number of carboxylic acids is 1.